The summed E-state index contributed by atoms with van der Waals surface area (Å²) >= 11 is 0. The van der Waals surface area contributed by atoms with Crippen molar-refractivity contribution in [2.45, 2.75) is 26.3 Å². The fourth-order valence-corrected chi connectivity index (χ4v) is 2.84. The number of aryl methyl sites for hydroxylation is 1. The summed E-state index contributed by atoms with van der Waals surface area (Å²) in [6, 6.07) is 5.44. The van der Waals surface area contributed by atoms with Crippen molar-refractivity contribution in [3.8, 4) is 0 Å². The smallest absolute Gasteiger partial charge is 0.270 e. The van der Waals surface area contributed by atoms with Crippen LogP contribution in [0.4, 0.5) is 0 Å². The highest BCUT2D eigenvalue weighted by atomic mass is 16.5. The number of aromatic nitrogens is 2. The molecule has 0 aliphatic carbocycles. The van der Waals surface area contributed by atoms with E-state index in [-0.39, 0.29) is 23.1 Å². The third kappa shape index (κ3) is 2.39. The summed E-state index contributed by atoms with van der Waals surface area (Å²) in [5.74, 6) is -0.259. The number of hydrogen-bond donors (Lipinski definition) is 0. The van der Waals surface area contributed by atoms with Gasteiger partial charge in [0.2, 0.25) is 0 Å². The summed E-state index contributed by atoms with van der Waals surface area (Å²) in [5, 5.41) is 0. The first kappa shape index (κ1) is 14.7. The summed E-state index contributed by atoms with van der Waals surface area (Å²) in [4.78, 5) is 31.4. The molecule has 116 valence electrons. The second-order valence-electron chi connectivity index (χ2n) is 5.47. The molecule has 1 saturated heterocycles. The maximum Gasteiger partial charge on any atom is 0.270 e. The summed E-state index contributed by atoms with van der Waals surface area (Å²) < 4.78 is 6.90. The van der Waals surface area contributed by atoms with Gasteiger partial charge in [0.1, 0.15) is 11.2 Å². The molecule has 2 aromatic heterocycles. The van der Waals surface area contributed by atoms with Gasteiger partial charge in [-0.15, -0.1) is 0 Å². The maximum absolute atomic E-state index is 12.8. The minimum absolute atomic E-state index is 0.0122. The molecule has 0 saturated carbocycles. The first-order chi connectivity index (χ1) is 10.6. The quantitative estimate of drug-likeness (QED) is 0.837. The Bertz CT molecular complexity index is 769. The number of amides is 1. The SMILES string of the molecule is CC[C@H]1COCCN1C(=O)c1cnc2cccc(C)n2c1=O. The van der Waals surface area contributed by atoms with Gasteiger partial charge in [0.05, 0.1) is 19.3 Å². The third-order valence-corrected chi connectivity index (χ3v) is 4.11. The molecule has 22 heavy (non-hydrogen) atoms. The van der Waals surface area contributed by atoms with Crippen LogP contribution in [0.5, 0.6) is 0 Å². The Morgan fingerprint density at radius 2 is 2.27 bits per heavy atom. The van der Waals surface area contributed by atoms with Crippen LogP contribution < -0.4 is 5.56 Å². The molecular formula is C16H19N3O3. The molecule has 0 radical (unpaired) electrons. The van der Waals surface area contributed by atoms with E-state index in [1.54, 1.807) is 11.0 Å². The summed E-state index contributed by atoms with van der Waals surface area (Å²) in [7, 11) is 0. The Kier molecular flexibility index (Phi) is 3.94. The fraction of sp³-hybridized carbons (Fsp3) is 0.438. The van der Waals surface area contributed by atoms with Crippen molar-refractivity contribution in [1.29, 1.82) is 0 Å². The molecule has 0 spiro atoms. The molecule has 0 bridgehead atoms. The Morgan fingerprint density at radius 1 is 1.45 bits per heavy atom. The highest BCUT2D eigenvalue weighted by molar-refractivity contribution is 5.94. The number of carbonyl (C=O) groups excluding carboxylic acids is 1. The van der Waals surface area contributed by atoms with Gasteiger partial charge in [-0.1, -0.05) is 13.0 Å². The average molecular weight is 301 g/mol. The van der Waals surface area contributed by atoms with Crippen LogP contribution >= 0.6 is 0 Å². The maximum atomic E-state index is 12.8. The van der Waals surface area contributed by atoms with Crippen molar-refractivity contribution in [1.82, 2.24) is 14.3 Å². The second-order valence-corrected chi connectivity index (χ2v) is 5.47. The van der Waals surface area contributed by atoms with Crippen molar-refractivity contribution in [2.24, 2.45) is 0 Å². The molecule has 2 aromatic rings. The molecule has 1 fully saturated rings. The van der Waals surface area contributed by atoms with Gasteiger partial charge in [0.25, 0.3) is 11.5 Å². The molecule has 3 heterocycles. The van der Waals surface area contributed by atoms with Gasteiger partial charge in [-0.3, -0.25) is 14.0 Å². The van der Waals surface area contributed by atoms with Crippen LogP contribution in [0, 0.1) is 6.92 Å². The number of carbonyl (C=O) groups is 1. The van der Waals surface area contributed by atoms with Gasteiger partial charge in [-0.05, 0) is 25.5 Å². The van der Waals surface area contributed by atoms with Crippen molar-refractivity contribution in [3.05, 3.63) is 46.0 Å². The lowest BCUT2D eigenvalue weighted by atomic mass is 10.1. The van der Waals surface area contributed by atoms with Gasteiger partial charge >= 0.3 is 0 Å². The van der Waals surface area contributed by atoms with E-state index < -0.39 is 0 Å². The normalized spacial score (nSPS) is 18.6. The summed E-state index contributed by atoms with van der Waals surface area (Å²) in [6.45, 7) is 5.36. The van der Waals surface area contributed by atoms with Crippen molar-refractivity contribution in [3.63, 3.8) is 0 Å². The monoisotopic (exact) mass is 301 g/mol. The molecule has 6 nitrogen and oxygen atoms in total. The number of ether oxygens (including phenoxy) is 1. The van der Waals surface area contributed by atoms with E-state index in [1.165, 1.54) is 10.6 Å². The highest BCUT2D eigenvalue weighted by Crippen LogP contribution is 2.13. The third-order valence-electron chi connectivity index (χ3n) is 4.11. The molecule has 1 aliphatic heterocycles. The van der Waals surface area contributed by atoms with Crippen LogP contribution in [0.2, 0.25) is 0 Å². The van der Waals surface area contributed by atoms with Crippen molar-refractivity contribution in [2.75, 3.05) is 19.8 Å². The summed E-state index contributed by atoms with van der Waals surface area (Å²) in [6.07, 6.45) is 2.19. The molecule has 1 aliphatic rings. The number of fused-ring (bicyclic) bond motifs is 1. The van der Waals surface area contributed by atoms with E-state index in [4.69, 9.17) is 4.74 Å². The molecule has 6 heteroatoms. The average Bonchev–Trinajstić information content (AvgIpc) is 2.54. The fourth-order valence-electron chi connectivity index (χ4n) is 2.84. The molecular weight excluding hydrogens is 282 g/mol. The zero-order chi connectivity index (χ0) is 15.7. The molecule has 0 N–H and O–H groups in total. The topological polar surface area (TPSA) is 63.9 Å². The zero-order valence-electron chi connectivity index (χ0n) is 12.8. The number of pyridine rings is 1. The number of rotatable bonds is 2. The van der Waals surface area contributed by atoms with Crippen molar-refractivity contribution >= 4 is 11.6 Å². The number of nitrogens with zero attached hydrogens (tertiary/aromatic N) is 3. The first-order valence-electron chi connectivity index (χ1n) is 7.49. The number of hydrogen-bond acceptors (Lipinski definition) is 4. The minimum atomic E-state index is -0.311. The zero-order valence-corrected chi connectivity index (χ0v) is 12.8. The molecule has 1 atom stereocenters. The Labute approximate surface area is 128 Å². The van der Waals surface area contributed by atoms with E-state index >= 15 is 0 Å². The van der Waals surface area contributed by atoms with Crippen LogP contribution in [-0.2, 0) is 4.74 Å². The van der Waals surface area contributed by atoms with Crippen molar-refractivity contribution < 1.29 is 9.53 Å². The molecule has 0 aromatic carbocycles. The standard InChI is InChI=1S/C16H19N3O3/c1-3-12-10-22-8-7-18(12)15(20)13-9-17-14-6-4-5-11(2)19(14)16(13)21/h4-6,9,12H,3,7-8,10H2,1-2H3/t12-/m0/s1. The second kappa shape index (κ2) is 5.88. The molecule has 3 rings (SSSR count). The Morgan fingerprint density at radius 3 is 3.05 bits per heavy atom. The van der Waals surface area contributed by atoms with Gasteiger partial charge in [0, 0.05) is 18.4 Å². The lowest BCUT2D eigenvalue weighted by molar-refractivity contribution is -0.00292. The van der Waals surface area contributed by atoms with E-state index in [9.17, 15) is 9.59 Å². The largest absolute Gasteiger partial charge is 0.377 e. The Hall–Kier alpha value is -2.21. The van der Waals surface area contributed by atoms with Crippen LogP contribution in [0.3, 0.4) is 0 Å². The van der Waals surface area contributed by atoms with E-state index in [0.29, 0.717) is 25.4 Å². The minimum Gasteiger partial charge on any atom is -0.377 e. The lowest BCUT2D eigenvalue weighted by Crippen LogP contribution is -2.49. The summed E-state index contributed by atoms with van der Waals surface area (Å²) in [5.41, 5.74) is 1.12. The Balaban J connectivity index is 2.06. The van der Waals surface area contributed by atoms with Crippen LogP contribution in [-0.4, -0.2) is 46.0 Å². The molecule has 1 amide bonds. The number of morpholine rings is 1. The van der Waals surface area contributed by atoms with Gasteiger partial charge in [-0.25, -0.2) is 4.98 Å². The van der Waals surface area contributed by atoms with E-state index in [2.05, 4.69) is 4.98 Å². The highest BCUT2D eigenvalue weighted by Gasteiger charge is 2.28. The lowest BCUT2D eigenvalue weighted by Gasteiger charge is -2.34. The van der Waals surface area contributed by atoms with E-state index in [1.807, 2.05) is 26.0 Å². The van der Waals surface area contributed by atoms with Gasteiger partial charge in [0.15, 0.2) is 0 Å². The predicted molar refractivity (Wildman–Crippen MR) is 82.1 cm³/mol. The van der Waals surface area contributed by atoms with Crippen LogP contribution in [0.1, 0.15) is 29.4 Å². The van der Waals surface area contributed by atoms with Crippen LogP contribution in [0.25, 0.3) is 5.65 Å². The molecule has 0 unspecified atom stereocenters. The van der Waals surface area contributed by atoms with Gasteiger partial charge in [-0.2, -0.15) is 0 Å². The van der Waals surface area contributed by atoms with Gasteiger partial charge < -0.3 is 9.64 Å². The first-order valence-corrected chi connectivity index (χ1v) is 7.49. The van der Waals surface area contributed by atoms with Crippen LogP contribution in [0.15, 0.2) is 29.2 Å². The van der Waals surface area contributed by atoms with E-state index in [0.717, 1.165) is 12.1 Å². The predicted octanol–water partition coefficient (Wildman–Crippen LogP) is 1.25.